The molecule has 1 aliphatic heterocycles. The molecule has 2 heterocycles. The third kappa shape index (κ3) is 4.29. The lowest BCUT2D eigenvalue weighted by Gasteiger charge is -2.36. The van der Waals surface area contributed by atoms with E-state index in [9.17, 15) is 9.59 Å². The molecule has 1 aliphatic carbocycles. The van der Waals surface area contributed by atoms with Gasteiger partial charge in [0.2, 0.25) is 5.91 Å². The summed E-state index contributed by atoms with van der Waals surface area (Å²) in [5.74, 6) is 0.399. The molecule has 1 aromatic heterocycles. The van der Waals surface area contributed by atoms with E-state index < -0.39 is 5.92 Å². The molecule has 2 aliphatic rings. The Morgan fingerprint density at radius 2 is 1.94 bits per heavy atom. The summed E-state index contributed by atoms with van der Waals surface area (Å²) >= 11 is 0. The molecular weight excluding hydrogens is 390 g/mol. The molecule has 1 N–H and O–H groups in total. The summed E-state index contributed by atoms with van der Waals surface area (Å²) in [6.07, 6.45) is 2.87. The molecule has 160 valence electrons. The van der Waals surface area contributed by atoms with Crippen molar-refractivity contribution in [3.8, 4) is 5.75 Å². The maximum Gasteiger partial charge on any atom is 0.235 e. The van der Waals surface area contributed by atoms with Crippen LogP contribution < -0.4 is 10.1 Å². The van der Waals surface area contributed by atoms with Gasteiger partial charge < -0.3 is 10.1 Å². The Bertz CT molecular complexity index is 1040. The molecule has 2 aromatic rings. The number of rotatable bonds is 5. The van der Waals surface area contributed by atoms with Crippen LogP contribution >= 0.6 is 0 Å². The van der Waals surface area contributed by atoms with E-state index in [1.54, 1.807) is 18.3 Å². The summed E-state index contributed by atoms with van der Waals surface area (Å²) in [5, 5.41) is 2.90. The number of nitrogens with one attached hydrogen (secondary N) is 1. The van der Waals surface area contributed by atoms with Crippen LogP contribution in [0.3, 0.4) is 0 Å². The van der Waals surface area contributed by atoms with E-state index in [1.165, 1.54) is 0 Å². The van der Waals surface area contributed by atoms with Crippen molar-refractivity contribution in [3.63, 3.8) is 0 Å². The molecular formula is C25H27N3O3. The van der Waals surface area contributed by atoms with E-state index in [0.717, 1.165) is 23.4 Å². The van der Waals surface area contributed by atoms with Gasteiger partial charge in [-0.25, -0.2) is 4.98 Å². The highest BCUT2D eigenvalue weighted by molar-refractivity contribution is 6.13. The first-order chi connectivity index (χ1) is 15.0. The first-order valence-corrected chi connectivity index (χ1v) is 10.7. The molecule has 0 radical (unpaired) electrons. The maximum absolute atomic E-state index is 13.4. The predicted octanol–water partition coefficient (Wildman–Crippen LogP) is 4.55. The molecule has 0 spiro atoms. The summed E-state index contributed by atoms with van der Waals surface area (Å²) in [7, 11) is 0. The second-order valence-corrected chi connectivity index (χ2v) is 8.21. The van der Waals surface area contributed by atoms with Gasteiger partial charge in [-0.05, 0) is 56.0 Å². The van der Waals surface area contributed by atoms with Crippen LogP contribution in [0, 0.1) is 11.8 Å². The van der Waals surface area contributed by atoms with Gasteiger partial charge >= 0.3 is 0 Å². The Balaban J connectivity index is 1.76. The molecule has 0 fully saturated rings. The van der Waals surface area contributed by atoms with Crippen LogP contribution in [-0.2, 0) is 9.59 Å². The lowest BCUT2D eigenvalue weighted by atomic mass is 9.70. The highest BCUT2D eigenvalue weighted by Crippen LogP contribution is 2.44. The van der Waals surface area contributed by atoms with Crippen molar-refractivity contribution in [3.05, 3.63) is 65.5 Å². The number of aromatic nitrogens is 1. The van der Waals surface area contributed by atoms with Gasteiger partial charge in [-0.1, -0.05) is 25.1 Å². The summed E-state index contributed by atoms with van der Waals surface area (Å²) in [5.41, 5.74) is 3.12. The lowest BCUT2D eigenvalue weighted by molar-refractivity contribution is -0.119. The van der Waals surface area contributed by atoms with Crippen LogP contribution in [0.25, 0.3) is 0 Å². The molecule has 1 aromatic carbocycles. The van der Waals surface area contributed by atoms with Gasteiger partial charge in [0.05, 0.1) is 12.5 Å². The van der Waals surface area contributed by atoms with Crippen molar-refractivity contribution in [2.24, 2.45) is 16.8 Å². The molecule has 3 atom stereocenters. The smallest absolute Gasteiger partial charge is 0.235 e. The number of nitrogens with zero attached hydrogens (tertiary/aromatic N) is 2. The van der Waals surface area contributed by atoms with Crippen molar-refractivity contribution in [1.82, 2.24) is 4.98 Å². The highest BCUT2D eigenvalue weighted by Gasteiger charge is 2.43. The first kappa shape index (κ1) is 21.0. The number of hydrogen-bond acceptors (Lipinski definition) is 5. The fraction of sp³-hybridized carbons (Fsp3) is 0.360. The van der Waals surface area contributed by atoms with Crippen LogP contribution in [0.1, 0.15) is 45.1 Å². The van der Waals surface area contributed by atoms with Crippen molar-refractivity contribution in [2.75, 3.05) is 11.9 Å². The fourth-order valence-electron chi connectivity index (χ4n) is 4.53. The van der Waals surface area contributed by atoms with Crippen LogP contribution in [0.5, 0.6) is 5.75 Å². The lowest BCUT2D eigenvalue weighted by Crippen LogP contribution is -2.39. The van der Waals surface area contributed by atoms with E-state index >= 15 is 0 Å². The molecule has 31 heavy (non-hydrogen) atoms. The monoisotopic (exact) mass is 417 g/mol. The fourth-order valence-corrected chi connectivity index (χ4v) is 4.53. The number of anilines is 1. The van der Waals surface area contributed by atoms with Crippen molar-refractivity contribution in [1.29, 1.82) is 0 Å². The average molecular weight is 418 g/mol. The molecule has 0 unspecified atom stereocenters. The number of Topliss-reactive ketones (excluding diaryl/α,β-unsaturated/α-hetero) is 1. The van der Waals surface area contributed by atoms with Crippen LogP contribution in [0.2, 0.25) is 0 Å². The van der Waals surface area contributed by atoms with Gasteiger partial charge in [-0.2, -0.15) is 0 Å². The van der Waals surface area contributed by atoms with Crippen molar-refractivity contribution < 1.29 is 14.3 Å². The molecule has 0 saturated heterocycles. The molecule has 1 amide bonds. The summed E-state index contributed by atoms with van der Waals surface area (Å²) in [6, 6.07) is 13.0. The zero-order valence-corrected chi connectivity index (χ0v) is 18.1. The number of ether oxygens (including phenoxy) is 1. The number of hydrogen-bond donors (Lipinski definition) is 1. The average Bonchev–Trinajstić information content (AvgIpc) is 2.74. The van der Waals surface area contributed by atoms with E-state index in [0.29, 0.717) is 30.1 Å². The Morgan fingerprint density at radius 3 is 2.61 bits per heavy atom. The normalized spacial score (nSPS) is 23.1. The minimum absolute atomic E-state index is 0.0829. The first-order valence-electron chi connectivity index (χ1n) is 10.7. The third-order valence-electron chi connectivity index (χ3n) is 5.84. The van der Waals surface area contributed by atoms with E-state index in [4.69, 9.17) is 9.73 Å². The summed E-state index contributed by atoms with van der Waals surface area (Å²) in [6.45, 7) is 6.46. The van der Waals surface area contributed by atoms with Gasteiger partial charge in [-0.3, -0.25) is 14.6 Å². The number of benzene rings is 1. The zero-order chi connectivity index (χ0) is 22.0. The SMILES string of the molecule is CCOc1ccc([C@@H]2C3=C(C[C@H](C)CC3=O)N=C(C)[C@H]2C(=O)Nc2ccccn2)cc1. The zero-order valence-electron chi connectivity index (χ0n) is 18.1. The third-order valence-corrected chi connectivity index (χ3v) is 5.84. The molecule has 6 heteroatoms. The predicted molar refractivity (Wildman–Crippen MR) is 120 cm³/mol. The standard InChI is InChI=1S/C25H27N3O3/c1-4-31-18-10-8-17(9-11-18)23-22(25(30)28-21-7-5-6-12-26-21)16(3)27-19-13-15(2)14-20(29)24(19)23/h5-12,15,22-23H,4,13-14H2,1-3H3,(H,26,28,30)/t15-,22+,23-/m0/s1. The number of aliphatic imine (C=N–C) groups is 1. The Labute approximate surface area is 182 Å². The van der Waals surface area contributed by atoms with Crippen LogP contribution in [-0.4, -0.2) is 29.0 Å². The second kappa shape index (κ2) is 8.84. The molecule has 6 nitrogen and oxygen atoms in total. The largest absolute Gasteiger partial charge is 0.494 e. The second-order valence-electron chi connectivity index (χ2n) is 8.21. The number of allylic oxidation sites excluding steroid dienone is 2. The highest BCUT2D eigenvalue weighted by atomic mass is 16.5. The van der Waals surface area contributed by atoms with Gasteiger partial charge in [0.15, 0.2) is 5.78 Å². The van der Waals surface area contributed by atoms with Gasteiger partial charge in [0.1, 0.15) is 11.6 Å². The van der Waals surface area contributed by atoms with Gasteiger partial charge in [-0.15, -0.1) is 0 Å². The number of carbonyl (C=O) groups excluding carboxylic acids is 2. The topological polar surface area (TPSA) is 80.6 Å². The molecule has 4 rings (SSSR count). The Kier molecular flexibility index (Phi) is 5.98. The van der Waals surface area contributed by atoms with Crippen molar-refractivity contribution >= 4 is 23.2 Å². The molecule has 0 bridgehead atoms. The van der Waals surface area contributed by atoms with E-state index in [1.807, 2.05) is 44.2 Å². The number of carbonyl (C=O) groups is 2. The molecule has 0 saturated carbocycles. The van der Waals surface area contributed by atoms with Crippen molar-refractivity contribution in [2.45, 2.75) is 39.5 Å². The number of ketones is 1. The number of pyridine rings is 1. The van der Waals surface area contributed by atoms with Gasteiger partial charge in [0.25, 0.3) is 0 Å². The minimum Gasteiger partial charge on any atom is -0.494 e. The Hall–Kier alpha value is -3.28. The van der Waals surface area contributed by atoms with E-state index in [-0.39, 0.29) is 23.5 Å². The van der Waals surface area contributed by atoms with Gasteiger partial charge in [0, 0.05) is 35.5 Å². The maximum atomic E-state index is 13.4. The quantitative estimate of drug-likeness (QED) is 0.774. The van der Waals surface area contributed by atoms with Crippen LogP contribution in [0.15, 0.2) is 64.9 Å². The summed E-state index contributed by atoms with van der Waals surface area (Å²) in [4.78, 5) is 35.5. The van der Waals surface area contributed by atoms with E-state index in [2.05, 4.69) is 17.2 Å². The van der Waals surface area contributed by atoms with Crippen LogP contribution in [0.4, 0.5) is 5.82 Å². The Morgan fingerprint density at radius 1 is 1.16 bits per heavy atom. The minimum atomic E-state index is -0.587. The number of amides is 1. The summed E-state index contributed by atoms with van der Waals surface area (Å²) < 4.78 is 5.57.